The van der Waals surface area contributed by atoms with Crippen LogP contribution in [0.4, 0.5) is 10.5 Å². The monoisotopic (exact) mass is 532 g/mol. The zero-order valence-electron chi connectivity index (χ0n) is 21.8. The zero-order chi connectivity index (χ0) is 27.3. The van der Waals surface area contributed by atoms with Crippen molar-refractivity contribution < 1.29 is 24.2 Å². The highest BCUT2D eigenvalue weighted by molar-refractivity contribution is 6.12. The number of amides is 2. The van der Waals surface area contributed by atoms with E-state index in [9.17, 15) is 14.7 Å². The molecule has 200 valence electrons. The lowest BCUT2D eigenvalue weighted by Crippen LogP contribution is -2.44. The SMILES string of the molecule is O=C(O)N1CC[C@H](Oc2ccc3c(c2)OCC32C(=O)N(C(c3ccccc3)c3ccccc3)c3ccccc32)C1. The van der Waals surface area contributed by atoms with Gasteiger partial charge in [0.1, 0.15) is 29.6 Å². The van der Waals surface area contributed by atoms with Crippen molar-refractivity contribution in [2.75, 3.05) is 24.6 Å². The molecule has 4 aromatic carbocycles. The minimum absolute atomic E-state index is 0.0216. The van der Waals surface area contributed by atoms with Crippen molar-refractivity contribution in [3.8, 4) is 11.5 Å². The van der Waals surface area contributed by atoms with Gasteiger partial charge in [0.15, 0.2) is 0 Å². The van der Waals surface area contributed by atoms with Crippen LogP contribution in [-0.2, 0) is 10.2 Å². The van der Waals surface area contributed by atoms with Gasteiger partial charge in [0.2, 0.25) is 5.91 Å². The second-order valence-corrected chi connectivity index (χ2v) is 10.5. The molecule has 0 saturated carbocycles. The summed E-state index contributed by atoms with van der Waals surface area (Å²) in [5.74, 6) is 1.20. The fraction of sp³-hybridized carbons (Fsp3) is 0.212. The molecule has 1 spiro atoms. The Morgan fingerprint density at radius 1 is 0.900 bits per heavy atom. The lowest BCUT2D eigenvalue weighted by molar-refractivity contribution is -0.122. The van der Waals surface area contributed by atoms with Crippen LogP contribution in [0.5, 0.6) is 11.5 Å². The smallest absolute Gasteiger partial charge is 0.407 e. The molecule has 40 heavy (non-hydrogen) atoms. The topological polar surface area (TPSA) is 79.3 Å². The molecular formula is C33H28N2O5. The minimum atomic E-state index is -0.972. The van der Waals surface area contributed by atoms with Crippen molar-refractivity contribution >= 4 is 17.7 Å². The molecule has 3 aliphatic rings. The molecule has 7 heteroatoms. The summed E-state index contributed by atoms with van der Waals surface area (Å²) in [6, 6.07) is 33.6. The van der Waals surface area contributed by atoms with E-state index in [1.54, 1.807) is 0 Å². The maximum Gasteiger partial charge on any atom is 0.407 e. The standard InChI is InChI=1S/C33H28N2O5/c36-31-33(21-39-29-19-24(15-16-27(29)33)40-25-17-18-34(20-25)32(37)38)26-13-7-8-14-28(26)35(31)30(22-9-3-1-4-10-22)23-11-5-2-6-12-23/h1-16,19,25,30H,17-18,20-21H2,(H,37,38)/t25-,33?/m0/s1. The minimum Gasteiger partial charge on any atom is -0.491 e. The molecule has 2 amide bonds. The van der Waals surface area contributed by atoms with E-state index in [1.165, 1.54) is 4.90 Å². The number of likely N-dealkylation sites (tertiary alicyclic amines) is 1. The second kappa shape index (κ2) is 9.45. The molecule has 1 fully saturated rings. The van der Waals surface area contributed by atoms with Crippen molar-refractivity contribution in [1.82, 2.24) is 4.90 Å². The molecule has 2 atom stereocenters. The Morgan fingerprint density at radius 2 is 1.57 bits per heavy atom. The Bertz CT molecular complexity index is 1550. The van der Waals surface area contributed by atoms with Crippen molar-refractivity contribution in [3.05, 3.63) is 125 Å². The number of hydrogen-bond acceptors (Lipinski definition) is 4. The fourth-order valence-electron chi connectivity index (χ4n) is 6.39. The third-order valence-corrected chi connectivity index (χ3v) is 8.27. The van der Waals surface area contributed by atoms with E-state index in [-0.39, 0.29) is 24.7 Å². The van der Waals surface area contributed by atoms with Gasteiger partial charge < -0.3 is 19.5 Å². The molecule has 0 aliphatic carbocycles. The molecule has 7 rings (SSSR count). The van der Waals surface area contributed by atoms with Crippen LogP contribution >= 0.6 is 0 Å². The quantitative estimate of drug-likeness (QED) is 0.360. The number of carboxylic acid groups (broad SMARTS) is 1. The molecule has 1 saturated heterocycles. The van der Waals surface area contributed by atoms with E-state index < -0.39 is 11.5 Å². The van der Waals surface area contributed by atoms with Gasteiger partial charge in [0.25, 0.3) is 0 Å². The number of carbonyl (C=O) groups excluding carboxylic acids is 1. The van der Waals surface area contributed by atoms with E-state index in [4.69, 9.17) is 9.47 Å². The van der Waals surface area contributed by atoms with Crippen LogP contribution in [0, 0.1) is 0 Å². The Balaban J connectivity index is 1.28. The summed E-state index contributed by atoms with van der Waals surface area (Å²) in [6.07, 6.45) is -0.515. The molecule has 0 aromatic heterocycles. The van der Waals surface area contributed by atoms with Crippen molar-refractivity contribution in [3.63, 3.8) is 0 Å². The second-order valence-electron chi connectivity index (χ2n) is 10.5. The summed E-state index contributed by atoms with van der Waals surface area (Å²) in [7, 11) is 0. The molecular weight excluding hydrogens is 504 g/mol. The normalized spacial score (nSPS) is 21.0. The highest BCUT2D eigenvalue weighted by atomic mass is 16.5. The molecule has 0 bridgehead atoms. The Morgan fingerprint density at radius 3 is 2.25 bits per heavy atom. The third-order valence-electron chi connectivity index (χ3n) is 8.27. The number of rotatable bonds is 5. The van der Waals surface area contributed by atoms with E-state index >= 15 is 0 Å². The first-order valence-electron chi connectivity index (χ1n) is 13.5. The number of carbonyl (C=O) groups is 2. The van der Waals surface area contributed by atoms with Crippen LogP contribution in [0.15, 0.2) is 103 Å². The number of para-hydroxylation sites is 1. The van der Waals surface area contributed by atoms with Crippen LogP contribution in [0.2, 0.25) is 0 Å². The molecule has 3 aliphatic heterocycles. The third kappa shape index (κ3) is 3.72. The maximum atomic E-state index is 14.8. The molecule has 1 N–H and O–H groups in total. The summed E-state index contributed by atoms with van der Waals surface area (Å²) in [5, 5.41) is 9.27. The summed E-state index contributed by atoms with van der Waals surface area (Å²) < 4.78 is 12.4. The molecule has 7 nitrogen and oxygen atoms in total. The Kier molecular flexibility index (Phi) is 5.73. The average Bonchev–Trinajstić information content (AvgIpc) is 3.68. The highest BCUT2D eigenvalue weighted by Gasteiger charge is 2.58. The van der Waals surface area contributed by atoms with E-state index in [0.29, 0.717) is 31.0 Å². The largest absolute Gasteiger partial charge is 0.491 e. The van der Waals surface area contributed by atoms with Gasteiger partial charge in [0, 0.05) is 30.3 Å². The van der Waals surface area contributed by atoms with E-state index in [0.717, 1.165) is 27.9 Å². The van der Waals surface area contributed by atoms with Gasteiger partial charge in [-0.2, -0.15) is 0 Å². The zero-order valence-corrected chi connectivity index (χ0v) is 21.8. The van der Waals surface area contributed by atoms with Crippen molar-refractivity contribution in [1.29, 1.82) is 0 Å². The highest BCUT2D eigenvalue weighted by Crippen LogP contribution is 2.55. The number of nitrogens with zero attached hydrogens (tertiary/aromatic N) is 2. The van der Waals surface area contributed by atoms with Gasteiger partial charge in [-0.1, -0.05) is 84.9 Å². The van der Waals surface area contributed by atoms with Gasteiger partial charge in [-0.15, -0.1) is 0 Å². The predicted octanol–water partition coefficient (Wildman–Crippen LogP) is 5.63. The van der Waals surface area contributed by atoms with Crippen LogP contribution in [0.25, 0.3) is 0 Å². The molecule has 0 radical (unpaired) electrons. The first-order chi connectivity index (χ1) is 19.6. The Hall–Kier alpha value is -4.78. The fourth-order valence-corrected chi connectivity index (χ4v) is 6.39. The van der Waals surface area contributed by atoms with Gasteiger partial charge in [-0.3, -0.25) is 9.69 Å². The number of anilines is 1. The van der Waals surface area contributed by atoms with Crippen molar-refractivity contribution in [2.24, 2.45) is 0 Å². The summed E-state index contributed by atoms with van der Waals surface area (Å²) in [6.45, 7) is 0.985. The average molecular weight is 533 g/mol. The van der Waals surface area contributed by atoms with Crippen LogP contribution in [-0.4, -0.2) is 47.8 Å². The number of benzene rings is 4. The maximum absolute atomic E-state index is 14.8. The van der Waals surface area contributed by atoms with Gasteiger partial charge >= 0.3 is 6.09 Å². The lowest BCUT2D eigenvalue weighted by atomic mass is 9.77. The predicted molar refractivity (Wildman–Crippen MR) is 150 cm³/mol. The van der Waals surface area contributed by atoms with Gasteiger partial charge in [-0.05, 0) is 28.8 Å². The number of hydrogen-bond donors (Lipinski definition) is 1. The Labute approximate surface area is 232 Å². The summed E-state index contributed by atoms with van der Waals surface area (Å²) >= 11 is 0. The number of fused-ring (bicyclic) bond motifs is 4. The molecule has 3 heterocycles. The lowest BCUT2D eigenvalue weighted by Gasteiger charge is -2.31. The first-order valence-corrected chi connectivity index (χ1v) is 13.5. The molecule has 1 unspecified atom stereocenters. The summed E-state index contributed by atoms with van der Waals surface area (Å²) in [4.78, 5) is 29.3. The number of ether oxygens (including phenoxy) is 2. The van der Waals surface area contributed by atoms with Gasteiger partial charge in [-0.25, -0.2) is 4.79 Å². The molecule has 4 aromatic rings. The van der Waals surface area contributed by atoms with Crippen LogP contribution in [0.3, 0.4) is 0 Å². The summed E-state index contributed by atoms with van der Waals surface area (Å²) in [5.41, 5.74) is 3.71. The van der Waals surface area contributed by atoms with Gasteiger partial charge in [0.05, 0.1) is 12.6 Å². The van der Waals surface area contributed by atoms with Crippen molar-refractivity contribution in [2.45, 2.75) is 24.0 Å². The van der Waals surface area contributed by atoms with E-state index in [1.807, 2.05) is 83.8 Å². The first kappa shape index (κ1) is 24.3. The van der Waals surface area contributed by atoms with Crippen LogP contribution in [0.1, 0.15) is 34.7 Å². The van der Waals surface area contributed by atoms with E-state index in [2.05, 4.69) is 24.3 Å². The van der Waals surface area contributed by atoms with Crippen LogP contribution < -0.4 is 14.4 Å².